The third-order valence-electron chi connectivity index (χ3n) is 2.49. The molecule has 0 saturated carbocycles. The van der Waals surface area contributed by atoms with Crippen LogP contribution >= 0.6 is 0 Å². The quantitative estimate of drug-likeness (QED) is 0.774. The molecule has 0 aromatic heterocycles. The van der Waals surface area contributed by atoms with Gasteiger partial charge in [-0.25, -0.2) is 4.39 Å². The van der Waals surface area contributed by atoms with Crippen molar-refractivity contribution in [3.05, 3.63) is 35.6 Å². The molecule has 0 unspecified atom stereocenters. The summed E-state index contributed by atoms with van der Waals surface area (Å²) in [5.74, 6) is -0.323. The monoisotopic (exact) mass is 209 g/mol. The smallest absolute Gasteiger partial charge is 0.168 e. The summed E-state index contributed by atoms with van der Waals surface area (Å²) in [5.41, 5.74) is 5.50. The predicted molar refractivity (Wildman–Crippen MR) is 58.2 cm³/mol. The highest BCUT2D eigenvalue weighted by atomic mass is 19.1. The molecule has 15 heavy (non-hydrogen) atoms. The standard InChI is InChI=1S/C12H16FNO/c1-12(2,7-8-14)11(15)9-3-5-10(13)6-4-9/h3-6H,7-8,14H2,1-2H3. The Hall–Kier alpha value is -1.22. The molecule has 0 spiro atoms. The minimum atomic E-state index is -0.480. The summed E-state index contributed by atoms with van der Waals surface area (Å²) in [6.07, 6.45) is 0.628. The van der Waals surface area contributed by atoms with Gasteiger partial charge in [0.25, 0.3) is 0 Å². The zero-order valence-corrected chi connectivity index (χ0v) is 9.09. The van der Waals surface area contributed by atoms with Crippen molar-refractivity contribution in [2.24, 2.45) is 11.1 Å². The molecular weight excluding hydrogens is 193 g/mol. The summed E-state index contributed by atoms with van der Waals surface area (Å²) in [6.45, 7) is 4.18. The first-order chi connectivity index (χ1) is 6.97. The summed E-state index contributed by atoms with van der Waals surface area (Å²) in [5, 5.41) is 0. The third-order valence-corrected chi connectivity index (χ3v) is 2.49. The lowest BCUT2D eigenvalue weighted by Gasteiger charge is -2.22. The first kappa shape index (κ1) is 11.9. The van der Waals surface area contributed by atoms with Crippen molar-refractivity contribution < 1.29 is 9.18 Å². The molecule has 0 aliphatic carbocycles. The minimum absolute atomic E-state index is 0.00736. The van der Waals surface area contributed by atoms with E-state index in [1.807, 2.05) is 13.8 Å². The molecule has 0 aliphatic rings. The van der Waals surface area contributed by atoms with Crippen molar-refractivity contribution in [2.45, 2.75) is 20.3 Å². The van der Waals surface area contributed by atoms with E-state index in [1.165, 1.54) is 24.3 Å². The maximum atomic E-state index is 12.7. The van der Waals surface area contributed by atoms with Crippen LogP contribution in [0.4, 0.5) is 4.39 Å². The molecule has 0 bridgehead atoms. The van der Waals surface area contributed by atoms with E-state index in [1.54, 1.807) is 0 Å². The number of carbonyl (C=O) groups excluding carboxylic acids is 1. The largest absolute Gasteiger partial charge is 0.330 e. The van der Waals surface area contributed by atoms with Gasteiger partial charge < -0.3 is 5.73 Å². The van der Waals surface area contributed by atoms with Crippen molar-refractivity contribution in [1.29, 1.82) is 0 Å². The van der Waals surface area contributed by atoms with Gasteiger partial charge in [0.05, 0.1) is 0 Å². The number of rotatable bonds is 4. The van der Waals surface area contributed by atoms with Gasteiger partial charge in [0, 0.05) is 11.0 Å². The van der Waals surface area contributed by atoms with Crippen LogP contribution in [0.5, 0.6) is 0 Å². The fourth-order valence-corrected chi connectivity index (χ4v) is 1.47. The van der Waals surface area contributed by atoms with Gasteiger partial charge >= 0.3 is 0 Å². The molecule has 0 saturated heterocycles. The van der Waals surface area contributed by atoms with Gasteiger partial charge in [-0.05, 0) is 37.2 Å². The molecule has 0 heterocycles. The fourth-order valence-electron chi connectivity index (χ4n) is 1.47. The van der Waals surface area contributed by atoms with Gasteiger partial charge in [-0.2, -0.15) is 0 Å². The molecule has 0 radical (unpaired) electrons. The Morgan fingerprint density at radius 2 is 1.87 bits per heavy atom. The van der Waals surface area contributed by atoms with Crippen molar-refractivity contribution in [1.82, 2.24) is 0 Å². The van der Waals surface area contributed by atoms with Gasteiger partial charge in [-0.1, -0.05) is 13.8 Å². The maximum Gasteiger partial charge on any atom is 0.168 e. The van der Waals surface area contributed by atoms with Crippen molar-refractivity contribution in [3.8, 4) is 0 Å². The van der Waals surface area contributed by atoms with Crippen LogP contribution in [-0.2, 0) is 0 Å². The van der Waals surface area contributed by atoms with Crippen molar-refractivity contribution in [2.75, 3.05) is 6.54 Å². The number of Topliss-reactive ketones (excluding diaryl/α,β-unsaturated/α-hetero) is 1. The Morgan fingerprint density at radius 1 is 1.33 bits per heavy atom. The maximum absolute atomic E-state index is 12.7. The molecule has 82 valence electrons. The molecule has 2 nitrogen and oxygen atoms in total. The van der Waals surface area contributed by atoms with Gasteiger partial charge in [0.2, 0.25) is 0 Å². The van der Waals surface area contributed by atoms with E-state index < -0.39 is 5.41 Å². The second kappa shape index (κ2) is 4.53. The molecule has 1 rings (SSSR count). The number of hydrogen-bond acceptors (Lipinski definition) is 2. The van der Waals surface area contributed by atoms with Crippen LogP contribution in [0.15, 0.2) is 24.3 Å². The molecule has 3 heteroatoms. The number of hydrogen-bond donors (Lipinski definition) is 1. The second-order valence-electron chi connectivity index (χ2n) is 4.26. The van der Waals surface area contributed by atoms with Gasteiger partial charge in [0.15, 0.2) is 5.78 Å². The van der Waals surface area contributed by atoms with Crippen molar-refractivity contribution in [3.63, 3.8) is 0 Å². The highest BCUT2D eigenvalue weighted by Gasteiger charge is 2.27. The third kappa shape index (κ3) is 2.86. The number of nitrogens with two attached hydrogens (primary N) is 1. The number of halogens is 1. The van der Waals surface area contributed by atoms with Gasteiger partial charge in [0.1, 0.15) is 5.82 Å². The van der Waals surface area contributed by atoms with Crippen LogP contribution in [-0.4, -0.2) is 12.3 Å². The van der Waals surface area contributed by atoms with Crippen LogP contribution in [0.2, 0.25) is 0 Å². The Kier molecular flexibility index (Phi) is 3.58. The van der Waals surface area contributed by atoms with E-state index in [9.17, 15) is 9.18 Å². The lowest BCUT2D eigenvalue weighted by atomic mass is 9.81. The van der Waals surface area contributed by atoms with E-state index in [0.29, 0.717) is 18.5 Å². The number of benzene rings is 1. The summed E-state index contributed by atoms with van der Waals surface area (Å²) >= 11 is 0. The molecule has 1 aromatic rings. The van der Waals surface area contributed by atoms with E-state index >= 15 is 0 Å². The average molecular weight is 209 g/mol. The highest BCUT2D eigenvalue weighted by molar-refractivity contribution is 5.99. The van der Waals surface area contributed by atoms with Crippen LogP contribution < -0.4 is 5.73 Å². The predicted octanol–water partition coefficient (Wildman–Crippen LogP) is 2.38. The van der Waals surface area contributed by atoms with Crippen LogP contribution in [0.1, 0.15) is 30.6 Å². The molecule has 0 amide bonds. The van der Waals surface area contributed by atoms with Crippen LogP contribution in [0.25, 0.3) is 0 Å². The average Bonchev–Trinajstić information content (AvgIpc) is 2.18. The molecular formula is C12H16FNO. The molecule has 0 atom stereocenters. The summed E-state index contributed by atoms with van der Waals surface area (Å²) in [6, 6.07) is 5.61. The van der Waals surface area contributed by atoms with Gasteiger partial charge in [-0.15, -0.1) is 0 Å². The van der Waals surface area contributed by atoms with Gasteiger partial charge in [-0.3, -0.25) is 4.79 Å². The topological polar surface area (TPSA) is 43.1 Å². The Balaban J connectivity index is 2.89. The highest BCUT2D eigenvalue weighted by Crippen LogP contribution is 2.25. The minimum Gasteiger partial charge on any atom is -0.330 e. The van der Waals surface area contributed by atoms with E-state index in [0.717, 1.165) is 0 Å². The van der Waals surface area contributed by atoms with Crippen LogP contribution in [0, 0.1) is 11.2 Å². The Bertz CT molecular complexity index is 343. The summed E-state index contributed by atoms with van der Waals surface area (Å²) in [7, 11) is 0. The summed E-state index contributed by atoms with van der Waals surface area (Å²) < 4.78 is 12.7. The zero-order chi connectivity index (χ0) is 11.5. The van der Waals surface area contributed by atoms with E-state index in [2.05, 4.69) is 0 Å². The van der Waals surface area contributed by atoms with Crippen molar-refractivity contribution >= 4 is 5.78 Å². The SMILES string of the molecule is CC(C)(CCN)C(=O)c1ccc(F)cc1. The van der Waals surface area contributed by atoms with Crippen LogP contribution in [0.3, 0.4) is 0 Å². The fraction of sp³-hybridized carbons (Fsp3) is 0.417. The lowest BCUT2D eigenvalue weighted by Crippen LogP contribution is -2.27. The zero-order valence-electron chi connectivity index (χ0n) is 9.09. The first-order valence-electron chi connectivity index (χ1n) is 4.98. The molecule has 1 aromatic carbocycles. The number of carbonyl (C=O) groups is 1. The summed E-state index contributed by atoms with van der Waals surface area (Å²) in [4.78, 5) is 12.0. The molecule has 0 aliphatic heterocycles. The Morgan fingerprint density at radius 3 is 2.33 bits per heavy atom. The molecule has 2 N–H and O–H groups in total. The first-order valence-corrected chi connectivity index (χ1v) is 4.98. The van der Waals surface area contributed by atoms with E-state index in [4.69, 9.17) is 5.73 Å². The number of ketones is 1. The normalized spacial score (nSPS) is 11.5. The van der Waals surface area contributed by atoms with E-state index in [-0.39, 0.29) is 11.6 Å². The Labute approximate surface area is 89.3 Å². The molecule has 0 fully saturated rings. The lowest BCUT2D eigenvalue weighted by molar-refractivity contribution is 0.0829. The second-order valence-corrected chi connectivity index (χ2v) is 4.26.